The maximum Gasteiger partial charge on any atom is 0.0547 e. The fraction of sp³-hybridized carbons (Fsp3) is 0.0682. The third kappa shape index (κ3) is 4.07. The molecule has 1 aliphatic rings. The van der Waals surface area contributed by atoms with Gasteiger partial charge >= 0.3 is 0 Å². The van der Waals surface area contributed by atoms with E-state index >= 15 is 0 Å². The van der Waals surface area contributed by atoms with E-state index in [9.17, 15) is 0 Å². The number of hydrogen-bond donors (Lipinski definition) is 0. The van der Waals surface area contributed by atoms with Gasteiger partial charge in [-0.1, -0.05) is 111 Å². The SMILES string of the molecule is CC1(C)c2cc(-c3ccc(-c4ccncc4)cc3)ccc2-c2ccc(-c3ccc4c5ccccc5n(-c5ccccc5)c4c3)cc21. The van der Waals surface area contributed by atoms with Crippen LogP contribution < -0.4 is 0 Å². The van der Waals surface area contributed by atoms with Crippen LogP contribution in [0.2, 0.25) is 0 Å². The van der Waals surface area contributed by atoms with Crippen molar-refractivity contribution in [2.45, 2.75) is 19.3 Å². The molecular formula is C44H32N2. The summed E-state index contributed by atoms with van der Waals surface area (Å²) in [5, 5.41) is 2.56. The Kier molecular flexibility index (Phi) is 5.88. The second kappa shape index (κ2) is 10.2. The first-order valence-corrected chi connectivity index (χ1v) is 16.0. The van der Waals surface area contributed by atoms with Gasteiger partial charge in [-0.15, -0.1) is 0 Å². The van der Waals surface area contributed by atoms with Gasteiger partial charge in [-0.25, -0.2) is 0 Å². The van der Waals surface area contributed by atoms with Gasteiger partial charge in [-0.05, 0) is 104 Å². The monoisotopic (exact) mass is 588 g/mol. The van der Waals surface area contributed by atoms with Crippen LogP contribution in [0.3, 0.4) is 0 Å². The number of fused-ring (bicyclic) bond motifs is 6. The third-order valence-corrected chi connectivity index (χ3v) is 9.93. The van der Waals surface area contributed by atoms with Crippen molar-refractivity contribution in [3.05, 3.63) is 169 Å². The van der Waals surface area contributed by atoms with E-state index in [-0.39, 0.29) is 5.41 Å². The van der Waals surface area contributed by atoms with Crippen molar-refractivity contribution in [3.63, 3.8) is 0 Å². The van der Waals surface area contributed by atoms with Gasteiger partial charge in [0.15, 0.2) is 0 Å². The molecule has 0 aliphatic heterocycles. The Morgan fingerprint density at radius 2 is 0.935 bits per heavy atom. The molecular weight excluding hydrogens is 556 g/mol. The van der Waals surface area contributed by atoms with Gasteiger partial charge in [-0.2, -0.15) is 0 Å². The zero-order valence-corrected chi connectivity index (χ0v) is 25.9. The van der Waals surface area contributed by atoms with Crippen molar-refractivity contribution in [2.75, 3.05) is 0 Å². The van der Waals surface area contributed by atoms with Crippen molar-refractivity contribution >= 4 is 21.8 Å². The molecule has 2 heteroatoms. The zero-order valence-electron chi connectivity index (χ0n) is 25.9. The zero-order chi connectivity index (χ0) is 30.8. The number of rotatable bonds is 4. The van der Waals surface area contributed by atoms with Crippen LogP contribution in [0.4, 0.5) is 0 Å². The molecule has 0 saturated carbocycles. The van der Waals surface area contributed by atoms with Gasteiger partial charge in [0.2, 0.25) is 0 Å². The van der Waals surface area contributed by atoms with Crippen LogP contribution in [0, 0.1) is 0 Å². The number of para-hydroxylation sites is 2. The fourth-order valence-corrected chi connectivity index (χ4v) is 7.50. The van der Waals surface area contributed by atoms with E-state index in [2.05, 4.69) is 169 Å². The number of benzene rings is 6. The Labute approximate surface area is 269 Å². The van der Waals surface area contributed by atoms with Gasteiger partial charge in [0.05, 0.1) is 11.0 Å². The standard InChI is InChI=1S/C44H32N2/c1-44(2)40-26-32(30-14-12-29(13-15-30)31-22-24-45-25-23-31)16-19-36(40)37-20-17-33(27-41(37)44)34-18-21-39-38-10-6-7-11-42(38)46(43(39)28-34)35-8-4-3-5-9-35/h3-28H,1-2H3. The summed E-state index contributed by atoms with van der Waals surface area (Å²) in [7, 11) is 0. The normalized spacial score (nSPS) is 13.2. The smallest absolute Gasteiger partial charge is 0.0547 e. The highest BCUT2D eigenvalue weighted by atomic mass is 15.0. The third-order valence-electron chi connectivity index (χ3n) is 9.93. The van der Waals surface area contributed by atoms with E-state index in [4.69, 9.17) is 0 Å². The quantitative estimate of drug-likeness (QED) is 0.200. The molecule has 0 bridgehead atoms. The molecule has 2 heterocycles. The molecule has 0 radical (unpaired) electrons. The lowest BCUT2D eigenvalue weighted by Gasteiger charge is -2.22. The summed E-state index contributed by atoms with van der Waals surface area (Å²) in [6.45, 7) is 4.74. The molecule has 9 rings (SSSR count). The largest absolute Gasteiger partial charge is 0.309 e. The summed E-state index contributed by atoms with van der Waals surface area (Å²) in [6.07, 6.45) is 3.69. The van der Waals surface area contributed by atoms with Crippen molar-refractivity contribution in [2.24, 2.45) is 0 Å². The van der Waals surface area contributed by atoms with Crippen LogP contribution in [-0.4, -0.2) is 9.55 Å². The molecule has 6 aromatic carbocycles. The summed E-state index contributed by atoms with van der Waals surface area (Å²) < 4.78 is 2.40. The molecule has 8 aromatic rings. The van der Waals surface area contributed by atoms with Gasteiger partial charge < -0.3 is 4.57 Å². The van der Waals surface area contributed by atoms with Crippen molar-refractivity contribution < 1.29 is 0 Å². The van der Waals surface area contributed by atoms with Crippen LogP contribution in [0.15, 0.2) is 158 Å². The van der Waals surface area contributed by atoms with Crippen LogP contribution in [0.5, 0.6) is 0 Å². The molecule has 0 fully saturated rings. The Bertz CT molecular complexity index is 2410. The number of nitrogens with zero attached hydrogens (tertiary/aromatic N) is 2. The first kappa shape index (κ1) is 26.7. The Hall–Kier alpha value is -5.73. The van der Waals surface area contributed by atoms with E-state index in [0.717, 1.165) is 0 Å². The minimum absolute atomic E-state index is 0.114. The molecule has 2 aromatic heterocycles. The van der Waals surface area contributed by atoms with Gasteiger partial charge in [0, 0.05) is 34.3 Å². The lowest BCUT2D eigenvalue weighted by atomic mass is 9.81. The summed E-state index contributed by atoms with van der Waals surface area (Å²) in [6, 6.07) is 53.4. The van der Waals surface area contributed by atoms with E-state index in [0.29, 0.717) is 0 Å². The highest BCUT2D eigenvalue weighted by molar-refractivity contribution is 6.10. The molecule has 46 heavy (non-hydrogen) atoms. The molecule has 2 nitrogen and oxygen atoms in total. The second-order valence-electron chi connectivity index (χ2n) is 12.9. The maximum atomic E-state index is 4.16. The molecule has 0 spiro atoms. The van der Waals surface area contributed by atoms with Gasteiger partial charge in [-0.3, -0.25) is 4.98 Å². The summed E-state index contributed by atoms with van der Waals surface area (Å²) >= 11 is 0. The minimum atomic E-state index is -0.114. The average molecular weight is 589 g/mol. The molecule has 0 saturated heterocycles. The van der Waals surface area contributed by atoms with Crippen LogP contribution >= 0.6 is 0 Å². The minimum Gasteiger partial charge on any atom is -0.309 e. The number of pyridine rings is 1. The Morgan fingerprint density at radius 3 is 1.63 bits per heavy atom. The van der Waals surface area contributed by atoms with Crippen LogP contribution in [0.25, 0.3) is 72.0 Å². The lowest BCUT2D eigenvalue weighted by Crippen LogP contribution is -2.15. The van der Waals surface area contributed by atoms with Crippen LogP contribution in [-0.2, 0) is 5.41 Å². The van der Waals surface area contributed by atoms with E-state index in [1.165, 1.54) is 83.1 Å². The number of aromatic nitrogens is 2. The van der Waals surface area contributed by atoms with Crippen molar-refractivity contribution in [3.8, 4) is 50.2 Å². The van der Waals surface area contributed by atoms with Crippen molar-refractivity contribution in [1.82, 2.24) is 9.55 Å². The van der Waals surface area contributed by atoms with E-state index < -0.39 is 0 Å². The summed E-state index contributed by atoms with van der Waals surface area (Å²) in [4.78, 5) is 4.16. The maximum absolute atomic E-state index is 4.16. The molecule has 0 atom stereocenters. The lowest BCUT2D eigenvalue weighted by molar-refractivity contribution is 0.661. The molecule has 0 unspecified atom stereocenters. The summed E-state index contributed by atoms with van der Waals surface area (Å²) in [5.41, 5.74) is 16.3. The highest BCUT2D eigenvalue weighted by Gasteiger charge is 2.36. The fourth-order valence-electron chi connectivity index (χ4n) is 7.50. The Morgan fingerprint density at radius 1 is 0.435 bits per heavy atom. The highest BCUT2D eigenvalue weighted by Crippen LogP contribution is 2.51. The van der Waals surface area contributed by atoms with E-state index in [1.54, 1.807) is 0 Å². The molecule has 0 N–H and O–H groups in total. The molecule has 0 amide bonds. The Balaban J connectivity index is 1.11. The first-order valence-electron chi connectivity index (χ1n) is 16.0. The van der Waals surface area contributed by atoms with Crippen molar-refractivity contribution in [1.29, 1.82) is 0 Å². The first-order chi connectivity index (χ1) is 22.6. The van der Waals surface area contributed by atoms with Crippen LogP contribution in [0.1, 0.15) is 25.0 Å². The molecule has 218 valence electrons. The predicted molar refractivity (Wildman–Crippen MR) is 192 cm³/mol. The van der Waals surface area contributed by atoms with Gasteiger partial charge in [0.25, 0.3) is 0 Å². The predicted octanol–water partition coefficient (Wildman–Crippen LogP) is 11.5. The average Bonchev–Trinajstić information content (AvgIpc) is 3.56. The van der Waals surface area contributed by atoms with E-state index in [1.807, 2.05) is 12.4 Å². The van der Waals surface area contributed by atoms with Gasteiger partial charge in [0.1, 0.15) is 0 Å². The number of hydrogen-bond acceptors (Lipinski definition) is 1. The molecule has 1 aliphatic carbocycles. The topological polar surface area (TPSA) is 17.8 Å². The summed E-state index contributed by atoms with van der Waals surface area (Å²) in [5.74, 6) is 0. The second-order valence-corrected chi connectivity index (χ2v) is 12.9.